The number of aliphatic carboxylic acids is 1. The number of aromatic amines is 1. The van der Waals surface area contributed by atoms with E-state index in [1.54, 1.807) is 18.3 Å². The number of H-pyrrole nitrogens is 1. The van der Waals surface area contributed by atoms with E-state index < -0.39 is 22.0 Å². The third kappa shape index (κ3) is 5.26. The van der Waals surface area contributed by atoms with E-state index in [0.717, 1.165) is 22.5 Å². The van der Waals surface area contributed by atoms with E-state index in [4.69, 9.17) is 0 Å². The van der Waals surface area contributed by atoms with Crippen molar-refractivity contribution in [3.8, 4) is 17.6 Å². The zero-order chi connectivity index (χ0) is 23.6. The fourth-order valence-electron chi connectivity index (χ4n) is 3.28. The summed E-state index contributed by atoms with van der Waals surface area (Å²) in [7, 11) is -4.08. The van der Waals surface area contributed by atoms with E-state index >= 15 is 0 Å². The number of hydrogen-bond acceptors (Lipinski definition) is 5. The molecule has 2 heterocycles. The third-order valence-electron chi connectivity index (χ3n) is 5.00. The molecule has 0 saturated heterocycles. The van der Waals surface area contributed by atoms with Gasteiger partial charge < -0.3 is 15.2 Å². The van der Waals surface area contributed by atoms with E-state index in [2.05, 4.69) is 21.5 Å². The number of carbonyl (C=O) groups is 1. The predicted molar refractivity (Wildman–Crippen MR) is 127 cm³/mol. The van der Waals surface area contributed by atoms with Crippen LogP contribution in [0.15, 0.2) is 65.0 Å². The quantitative estimate of drug-likeness (QED) is 0.314. The number of benzene rings is 2. The predicted octanol–water partition coefficient (Wildman–Crippen LogP) is 3.62. The second kappa shape index (κ2) is 9.11. The third-order valence-corrected chi connectivity index (χ3v) is 7.96. The Bertz CT molecular complexity index is 1490. The van der Waals surface area contributed by atoms with Gasteiger partial charge in [-0.2, -0.15) is 4.72 Å². The zero-order valence-electron chi connectivity index (χ0n) is 17.5. The molecular weight excluding hydrogens is 460 g/mol. The van der Waals surface area contributed by atoms with Gasteiger partial charge in [0, 0.05) is 29.1 Å². The van der Waals surface area contributed by atoms with Crippen LogP contribution in [0.4, 0.5) is 0 Å². The Labute approximate surface area is 194 Å². The molecule has 0 bridgehead atoms. The number of carboxylic acid groups (broad SMARTS) is 1. The van der Waals surface area contributed by atoms with Crippen LogP contribution in [0.1, 0.15) is 21.6 Å². The Hall–Kier alpha value is -3.58. The molecule has 0 amide bonds. The lowest BCUT2D eigenvalue weighted by Gasteiger charge is -2.13. The molecular formula is C24H20N2O5S2. The summed E-state index contributed by atoms with van der Waals surface area (Å²) in [5.41, 5.74) is 3.22. The van der Waals surface area contributed by atoms with E-state index in [1.807, 2.05) is 31.2 Å². The van der Waals surface area contributed by atoms with Crippen LogP contribution in [0.3, 0.4) is 0 Å². The van der Waals surface area contributed by atoms with Gasteiger partial charge in [0.05, 0.1) is 4.88 Å². The molecule has 9 heteroatoms. The molecule has 0 spiro atoms. The minimum atomic E-state index is -4.08. The molecule has 33 heavy (non-hydrogen) atoms. The van der Waals surface area contributed by atoms with Gasteiger partial charge in [0.25, 0.3) is 10.0 Å². The number of fused-ring (bicyclic) bond motifs is 1. The molecule has 7 nitrogen and oxygen atoms in total. The van der Waals surface area contributed by atoms with E-state index in [1.165, 1.54) is 18.2 Å². The second-order valence-electron chi connectivity index (χ2n) is 7.49. The number of phenolic OH excluding ortho intramolecular Hbond substituents is 1. The number of carboxylic acids is 1. The molecule has 1 unspecified atom stereocenters. The number of phenols is 1. The fourth-order valence-corrected chi connectivity index (χ4v) is 5.65. The van der Waals surface area contributed by atoms with Crippen molar-refractivity contribution in [2.24, 2.45) is 0 Å². The van der Waals surface area contributed by atoms with Crippen molar-refractivity contribution in [1.29, 1.82) is 0 Å². The van der Waals surface area contributed by atoms with Crippen molar-refractivity contribution in [3.63, 3.8) is 0 Å². The first-order chi connectivity index (χ1) is 15.7. The molecule has 0 aliphatic carbocycles. The van der Waals surface area contributed by atoms with Gasteiger partial charge in [-0.05, 0) is 55.0 Å². The number of aromatic nitrogens is 1. The number of sulfonamides is 1. The Kier molecular flexibility index (Phi) is 6.24. The summed E-state index contributed by atoms with van der Waals surface area (Å²) >= 11 is 0.972. The first-order valence-corrected chi connectivity index (χ1v) is 12.2. The summed E-state index contributed by atoms with van der Waals surface area (Å²) in [6.45, 7) is 1.98. The lowest BCUT2D eigenvalue weighted by Crippen LogP contribution is -2.41. The van der Waals surface area contributed by atoms with Crippen molar-refractivity contribution in [1.82, 2.24) is 9.71 Å². The van der Waals surface area contributed by atoms with Crippen LogP contribution in [0, 0.1) is 18.8 Å². The molecule has 168 valence electrons. The molecule has 0 aliphatic heterocycles. The number of nitrogens with one attached hydrogen (secondary N) is 2. The smallest absolute Gasteiger partial charge is 0.322 e. The second-order valence-corrected chi connectivity index (χ2v) is 10.5. The molecule has 4 rings (SSSR count). The van der Waals surface area contributed by atoms with Gasteiger partial charge in [0.2, 0.25) is 0 Å². The average Bonchev–Trinajstić information content (AvgIpc) is 3.40. The highest BCUT2D eigenvalue weighted by Crippen LogP contribution is 2.25. The molecule has 4 N–H and O–H groups in total. The minimum absolute atomic E-state index is 0.0153. The van der Waals surface area contributed by atoms with E-state index in [9.17, 15) is 23.4 Å². The summed E-state index contributed by atoms with van der Waals surface area (Å²) in [6, 6.07) is 14.0. The summed E-state index contributed by atoms with van der Waals surface area (Å²) in [5.74, 6) is 4.67. The molecule has 0 aliphatic rings. The number of thiophene rings is 1. The van der Waals surface area contributed by atoms with Crippen molar-refractivity contribution in [2.45, 2.75) is 23.6 Å². The van der Waals surface area contributed by atoms with E-state index in [0.29, 0.717) is 21.3 Å². The first kappa shape index (κ1) is 22.6. The van der Waals surface area contributed by atoms with Gasteiger partial charge >= 0.3 is 5.97 Å². The lowest BCUT2D eigenvalue weighted by atomic mass is 10.1. The summed E-state index contributed by atoms with van der Waals surface area (Å²) in [5, 5.41) is 20.0. The fraction of sp³-hybridized carbons (Fsp3) is 0.125. The maximum atomic E-state index is 12.9. The van der Waals surface area contributed by atoms with Gasteiger partial charge in [-0.25, -0.2) is 8.42 Å². The van der Waals surface area contributed by atoms with Crippen LogP contribution in [-0.2, 0) is 21.2 Å². The number of hydrogen-bond donors (Lipinski definition) is 4. The topological polar surface area (TPSA) is 119 Å². The standard InChI is InChI=1S/C24H20N2O5S2/c1-15-2-4-16(5-3-15)6-8-19-9-11-23(32-19)33(30,31)26-22(24(28)29)12-17-14-25-21-10-7-18(27)13-20(17)21/h2-5,7,9-11,13-14,22,25-27H,12H2,1H3,(H,28,29). The maximum Gasteiger partial charge on any atom is 0.322 e. The van der Waals surface area contributed by atoms with Gasteiger partial charge in [-0.3, -0.25) is 4.79 Å². The van der Waals surface area contributed by atoms with Crippen LogP contribution in [0.2, 0.25) is 0 Å². The molecule has 0 fully saturated rings. The van der Waals surface area contributed by atoms with E-state index in [-0.39, 0.29) is 16.4 Å². The van der Waals surface area contributed by atoms with Crippen LogP contribution >= 0.6 is 11.3 Å². The number of aryl methyl sites for hydroxylation is 1. The summed E-state index contributed by atoms with van der Waals surface area (Å²) < 4.78 is 28.0. The Morgan fingerprint density at radius 2 is 1.88 bits per heavy atom. The highest BCUT2D eigenvalue weighted by atomic mass is 32.2. The normalized spacial score (nSPS) is 12.3. The first-order valence-electron chi connectivity index (χ1n) is 9.94. The zero-order valence-corrected chi connectivity index (χ0v) is 19.1. The van der Waals surface area contributed by atoms with Crippen LogP contribution in [0.5, 0.6) is 5.75 Å². The maximum absolute atomic E-state index is 12.9. The molecule has 4 aromatic rings. The van der Waals surface area contributed by atoms with Crippen molar-refractivity contribution in [3.05, 3.63) is 82.4 Å². The highest BCUT2D eigenvalue weighted by Gasteiger charge is 2.27. The number of rotatable bonds is 6. The minimum Gasteiger partial charge on any atom is -0.508 e. The molecule has 2 aromatic heterocycles. The molecule has 0 saturated carbocycles. The van der Waals surface area contributed by atoms with Gasteiger partial charge in [0.15, 0.2) is 0 Å². The Morgan fingerprint density at radius 1 is 1.12 bits per heavy atom. The van der Waals surface area contributed by atoms with Crippen LogP contribution in [-0.4, -0.2) is 35.6 Å². The SMILES string of the molecule is Cc1ccc(C#Cc2ccc(S(=O)(=O)NC(Cc3c[nH]c4ccc(O)cc34)C(=O)O)s2)cc1. The largest absolute Gasteiger partial charge is 0.508 e. The van der Waals surface area contributed by atoms with Crippen molar-refractivity contribution >= 4 is 38.2 Å². The highest BCUT2D eigenvalue weighted by molar-refractivity contribution is 7.91. The monoisotopic (exact) mass is 480 g/mol. The van der Waals surface area contributed by atoms with Gasteiger partial charge in [0.1, 0.15) is 16.0 Å². The van der Waals surface area contributed by atoms with Gasteiger partial charge in [-0.15, -0.1) is 11.3 Å². The van der Waals surface area contributed by atoms with Crippen molar-refractivity contribution in [2.75, 3.05) is 0 Å². The summed E-state index contributed by atoms with van der Waals surface area (Å²) in [6.07, 6.45) is 1.52. The lowest BCUT2D eigenvalue weighted by molar-refractivity contribution is -0.138. The molecule has 2 aromatic carbocycles. The summed E-state index contributed by atoms with van der Waals surface area (Å²) in [4.78, 5) is 15.4. The van der Waals surface area contributed by atoms with Crippen LogP contribution in [0.25, 0.3) is 10.9 Å². The van der Waals surface area contributed by atoms with Crippen molar-refractivity contribution < 1.29 is 23.4 Å². The number of aromatic hydroxyl groups is 1. The van der Waals surface area contributed by atoms with Crippen LogP contribution < -0.4 is 4.72 Å². The average molecular weight is 481 g/mol. The molecule has 1 atom stereocenters. The Balaban J connectivity index is 1.53. The molecule has 0 radical (unpaired) electrons. The Morgan fingerprint density at radius 3 is 2.61 bits per heavy atom. The van der Waals surface area contributed by atoms with Gasteiger partial charge in [-0.1, -0.05) is 29.5 Å².